The van der Waals surface area contributed by atoms with Crippen molar-refractivity contribution < 1.29 is 23.9 Å². The van der Waals surface area contributed by atoms with E-state index in [2.05, 4.69) is 20.9 Å². The van der Waals surface area contributed by atoms with Gasteiger partial charge in [-0.2, -0.15) is 0 Å². The molecule has 4 rings (SSSR count). The number of pyridine rings is 1. The molecule has 9 nitrogen and oxygen atoms in total. The van der Waals surface area contributed by atoms with Crippen LogP contribution in [0.4, 0.5) is 11.4 Å². The first-order chi connectivity index (χ1) is 19.9. The molecule has 1 aromatic heterocycles. The minimum atomic E-state index is -0.531. The van der Waals surface area contributed by atoms with Gasteiger partial charge in [0.15, 0.2) is 0 Å². The van der Waals surface area contributed by atoms with Gasteiger partial charge in [-0.25, -0.2) is 0 Å². The van der Waals surface area contributed by atoms with Crippen LogP contribution in [0.3, 0.4) is 0 Å². The van der Waals surface area contributed by atoms with E-state index in [1.165, 1.54) is 32.1 Å². The Morgan fingerprint density at radius 2 is 1.54 bits per heavy atom. The zero-order valence-electron chi connectivity index (χ0n) is 22.4. The number of ether oxygens (including phenoxy) is 2. The summed E-state index contributed by atoms with van der Waals surface area (Å²) in [5.74, 6) is 0.167. The van der Waals surface area contributed by atoms with Crippen LogP contribution >= 0.6 is 11.8 Å². The number of benzene rings is 3. The van der Waals surface area contributed by atoms with E-state index in [1.807, 2.05) is 0 Å². The maximum Gasteiger partial charge on any atom is 0.272 e. The van der Waals surface area contributed by atoms with Crippen LogP contribution in [0.15, 0.2) is 108 Å². The van der Waals surface area contributed by atoms with Gasteiger partial charge in [0.25, 0.3) is 11.8 Å². The van der Waals surface area contributed by atoms with Crippen molar-refractivity contribution in [3.63, 3.8) is 0 Å². The van der Waals surface area contributed by atoms with Crippen LogP contribution in [-0.4, -0.2) is 42.7 Å². The van der Waals surface area contributed by atoms with Crippen LogP contribution in [0.25, 0.3) is 6.08 Å². The van der Waals surface area contributed by atoms with Crippen LogP contribution in [0.2, 0.25) is 0 Å². The van der Waals surface area contributed by atoms with E-state index in [4.69, 9.17) is 9.47 Å². The smallest absolute Gasteiger partial charge is 0.272 e. The molecule has 0 saturated carbocycles. The van der Waals surface area contributed by atoms with Gasteiger partial charge >= 0.3 is 0 Å². The molecule has 3 amide bonds. The summed E-state index contributed by atoms with van der Waals surface area (Å²) in [7, 11) is 3.05. The van der Waals surface area contributed by atoms with Gasteiger partial charge in [0, 0.05) is 39.8 Å². The summed E-state index contributed by atoms with van der Waals surface area (Å²) in [5.41, 5.74) is 2.15. The van der Waals surface area contributed by atoms with Gasteiger partial charge in [0.2, 0.25) is 5.91 Å². The lowest BCUT2D eigenvalue weighted by Gasteiger charge is -2.13. The molecule has 0 unspecified atom stereocenters. The van der Waals surface area contributed by atoms with Crippen molar-refractivity contribution >= 4 is 46.9 Å². The van der Waals surface area contributed by atoms with Crippen LogP contribution < -0.4 is 25.4 Å². The molecule has 0 fully saturated rings. The average Bonchev–Trinajstić information content (AvgIpc) is 3.01. The van der Waals surface area contributed by atoms with E-state index >= 15 is 0 Å². The van der Waals surface area contributed by atoms with Gasteiger partial charge in [0.1, 0.15) is 17.2 Å². The molecule has 4 aromatic rings. The second-order valence-electron chi connectivity index (χ2n) is 8.54. The van der Waals surface area contributed by atoms with Crippen molar-refractivity contribution in [3.05, 3.63) is 114 Å². The molecule has 10 heteroatoms. The Labute approximate surface area is 242 Å². The Morgan fingerprint density at radius 1 is 0.829 bits per heavy atom. The van der Waals surface area contributed by atoms with Gasteiger partial charge in [-0.15, -0.1) is 11.8 Å². The summed E-state index contributed by atoms with van der Waals surface area (Å²) in [6, 6.07) is 24.3. The van der Waals surface area contributed by atoms with E-state index < -0.39 is 11.8 Å². The highest BCUT2D eigenvalue weighted by Crippen LogP contribution is 2.26. The van der Waals surface area contributed by atoms with Crippen LogP contribution in [0.5, 0.6) is 11.5 Å². The second-order valence-corrected chi connectivity index (χ2v) is 9.59. The Bertz CT molecular complexity index is 1530. The number of hydrogen-bond donors (Lipinski definition) is 3. The highest BCUT2D eigenvalue weighted by Gasteiger charge is 2.17. The predicted octanol–water partition coefficient (Wildman–Crippen LogP) is 5.24. The topological polar surface area (TPSA) is 119 Å². The number of carbonyl (C=O) groups is 3. The minimum Gasteiger partial charge on any atom is -0.497 e. The van der Waals surface area contributed by atoms with Crippen LogP contribution in [0, 0.1) is 0 Å². The largest absolute Gasteiger partial charge is 0.497 e. The van der Waals surface area contributed by atoms with Crippen LogP contribution in [0.1, 0.15) is 15.9 Å². The van der Waals surface area contributed by atoms with Crippen molar-refractivity contribution in [2.75, 3.05) is 30.6 Å². The summed E-state index contributed by atoms with van der Waals surface area (Å²) in [6.07, 6.45) is 4.75. The van der Waals surface area contributed by atoms with E-state index in [9.17, 15) is 14.4 Å². The Hall–Kier alpha value is -5.09. The van der Waals surface area contributed by atoms with E-state index in [1.54, 1.807) is 97.3 Å². The Balaban J connectivity index is 1.48. The monoisotopic (exact) mass is 568 g/mol. The number of rotatable bonds is 11. The number of carbonyl (C=O) groups excluding carboxylic acids is 3. The lowest BCUT2D eigenvalue weighted by atomic mass is 10.1. The van der Waals surface area contributed by atoms with Gasteiger partial charge in [-0.3, -0.25) is 19.4 Å². The zero-order valence-corrected chi connectivity index (χ0v) is 23.2. The number of thioether (sulfide) groups is 1. The van der Waals surface area contributed by atoms with Crippen molar-refractivity contribution in [3.8, 4) is 11.5 Å². The quantitative estimate of drug-likeness (QED) is 0.167. The van der Waals surface area contributed by atoms with Gasteiger partial charge in [-0.05, 0) is 72.8 Å². The third-order valence-corrected chi connectivity index (χ3v) is 6.72. The molecule has 0 spiro atoms. The fraction of sp³-hybridized carbons (Fsp3) is 0.0968. The van der Waals surface area contributed by atoms with Crippen molar-refractivity contribution in [1.82, 2.24) is 10.3 Å². The molecule has 0 aliphatic heterocycles. The summed E-state index contributed by atoms with van der Waals surface area (Å²) in [5, 5.41) is 8.35. The zero-order chi connectivity index (χ0) is 29.0. The number of aromatic nitrogens is 1. The normalized spacial score (nSPS) is 10.8. The molecule has 0 bridgehead atoms. The minimum absolute atomic E-state index is 0.0108. The summed E-state index contributed by atoms with van der Waals surface area (Å²) < 4.78 is 10.8. The highest BCUT2D eigenvalue weighted by atomic mass is 32.2. The van der Waals surface area contributed by atoms with Crippen molar-refractivity contribution in [2.24, 2.45) is 0 Å². The third kappa shape index (κ3) is 8.45. The van der Waals surface area contributed by atoms with Crippen LogP contribution in [-0.2, 0) is 9.59 Å². The predicted molar refractivity (Wildman–Crippen MR) is 160 cm³/mol. The fourth-order valence-electron chi connectivity index (χ4n) is 3.66. The number of nitrogens with one attached hydrogen (secondary N) is 3. The molecule has 0 aliphatic rings. The number of anilines is 2. The van der Waals surface area contributed by atoms with Gasteiger partial charge in [-0.1, -0.05) is 18.2 Å². The molecule has 0 atom stereocenters. The highest BCUT2D eigenvalue weighted by molar-refractivity contribution is 8.00. The second kappa shape index (κ2) is 14.3. The van der Waals surface area contributed by atoms with E-state index in [0.29, 0.717) is 34.0 Å². The van der Waals surface area contributed by atoms with E-state index in [-0.39, 0.29) is 17.4 Å². The number of nitrogens with zero attached hydrogens (tertiary/aromatic N) is 1. The average molecular weight is 569 g/mol. The molecule has 3 N–H and O–H groups in total. The molecule has 41 heavy (non-hydrogen) atoms. The summed E-state index contributed by atoms with van der Waals surface area (Å²) in [6.45, 7) is 0. The lowest BCUT2D eigenvalue weighted by Crippen LogP contribution is -2.30. The Kier molecular flexibility index (Phi) is 10.1. The number of amides is 3. The van der Waals surface area contributed by atoms with Crippen molar-refractivity contribution in [1.29, 1.82) is 0 Å². The molecule has 0 aliphatic carbocycles. The third-order valence-electron chi connectivity index (χ3n) is 5.71. The van der Waals surface area contributed by atoms with E-state index in [0.717, 1.165) is 4.90 Å². The molecule has 0 radical (unpaired) electrons. The van der Waals surface area contributed by atoms with Gasteiger partial charge in [0.05, 0.1) is 20.0 Å². The summed E-state index contributed by atoms with van der Waals surface area (Å²) in [4.78, 5) is 43.3. The maximum atomic E-state index is 13.4. The molecule has 208 valence electrons. The van der Waals surface area contributed by atoms with Gasteiger partial charge < -0.3 is 25.4 Å². The molecular weight excluding hydrogens is 540 g/mol. The number of methoxy groups -OCH3 is 2. The summed E-state index contributed by atoms with van der Waals surface area (Å²) >= 11 is 1.36. The van der Waals surface area contributed by atoms with Crippen molar-refractivity contribution in [2.45, 2.75) is 4.90 Å². The molecule has 1 heterocycles. The molecule has 0 saturated heterocycles. The first kappa shape index (κ1) is 28.9. The first-order valence-corrected chi connectivity index (χ1v) is 13.5. The maximum absolute atomic E-state index is 13.4. The Morgan fingerprint density at radius 3 is 2.22 bits per heavy atom. The molecular formula is C31H28N4O5S. The standard InChI is InChI=1S/C31H28N4O5S/c1-39-25-10-13-28(40-2)22(18-25)19-27(35-30(37)21-6-4-3-5-7-21)31(38)34-23-8-11-26(12-9-23)41-20-29(36)33-24-14-16-32-17-15-24/h3-19H,20H2,1-2H3,(H,34,38)(H,35,37)(H,32,33,36)/b27-19-. The SMILES string of the molecule is COc1ccc(OC)c(/C=C(\NC(=O)c2ccccc2)C(=O)Nc2ccc(SCC(=O)Nc3ccncc3)cc2)c1. The first-order valence-electron chi connectivity index (χ1n) is 12.5. The molecule has 3 aromatic carbocycles. The lowest BCUT2D eigenvalue weighted by molar-refractivity contribution is -0.114. The number of hydrogen-bond acceptors (Lipinski definition) is 7. The fourth-order valence-corrected chi connectivity index (χ4v) is 4.36.